The minimum Gasteiger partial charge on any atom is -0.347 e. The minimum atomic E-state index is -3.60. The first-order chi connectivity index (χ1) is 9.62. The maximum Gasteiger partial charge on any atom is 0.258 e. The lowest BCUT2D eigenvalue weighted by Gasteiger charge is -2.06. The van der Waals surface area contributed by atoms with Crippen molar-refractivity contribution >= 4 is 10.0 Å². The Morgan fingerprint density at radius 3 is 2.70 bits per heavy atom. The second-order valence-electron chi connectivity index (χ2n) is 4.19. The molecule has 20 heavy (non-hydrogen) atoms. The summed E-state index contributed by atoms with van der Waals surface area (Å²) in [7, 11) is -3.60. The number of H-pyrrole nitrogens is 1. The molecular formula is C12H17N5O2S. The van der Waals surface area contributed by atoms with E-state index in [0.717, 1.165) is 12.1 Å². The molecule has 0 aliphatic rings. The molecule has 0 saturated heterocycles. The number of aromatic nitrogens is 3. The molecule has 0 unspecified atom stereocenters. The molecule has 0 fully saturated rings. The lowest BCUT2D eigenvalue weighted by Crippen LogP contribution is -2.24. The Balaban J connectivity index is 2.01. The highest BCUT2D eigenvalue weighted by molar-refractivity contribution is 7.89. The summed E-state index contributed by atoms with van der Waals surface area (Å²) in [6.07, 6.45) is 4.63. The van der Waals surface area contributed by atoms with Gasteiger partial charge >= 0.3 is 0 Å². The van der Waals surface area contributed by atoms with E-state index in [1.807, 2.05) is 6.92 Å². The van der Waals surface area contributed by atoms with Gasteiger partial charge in [0.15, 0.2) is 5.03 Å². The first kappa shape index (κ1) is 14.6. The van der Waals surface area contributed by atoms with E-state index >= 15 is 0 Å². The summed E-state index contributed by atoms with van der Waals surface area (Å²) in [5, 5.41) is 3.16. The Bertz CT molecular complexity index is 622. The summed E-state index contributed by atoms with van der Waals surface area (Å²) in [6.45, 7) is 3.69. The van der Waals surface area contributed by atoms with Crippen LogP contribution in [0, 0.1) is 0 Å². The molecule has 2 aromatic heterocycles. The summed E-state index contributed by atoms with van der Waals surface area (Å²) >= 11 is 0. The summed E-state index contributed by atoms with van der Waals surface area (Å²) in [5.74, 6) is 0. The zero-order chi connectivity index (χ0) is 14.4. The smallest absolute Gasteiger partial charge is 0.258 e. The number of hydrogen-bond donors (Lipinski definition) is 3. The predicted octanol–water partition coefficient (Wildman–Crippen LogP) is 0.393. The van der Waals surface area contributed by atoms with Crippen molar-refractivity contribution < 1.29 is 8.42 Å². The third kappa shape index (κ3) is 3.86. The van der Waals surface area contributed by atoms with Gasteiger partial charge in [0.25, 0.3) is 10.0 Å². The van der Waals surface area contributed by atoms with Gasteiger partial charge in [0.1, 0.15) is 0 Å². The van der Waals surface area contributed by atoms with E-state index in [1.54, 1.807) is 18.5 Å². The van der Waals surface area contributed by atoms with Crippen LogP contribution in [0.25, 0.3) is 0 Å². The van der Waals surface area contributed by atoms with E-state index in [4.69, 9.17) is 0 Å². The second-order valence-corrected chi connectivity index (χ2v) is 5.90. The van der Waals surface area contributed by atoms with Gasteiger partial charge in [-0.1, -0.05) is 13.0 Å². The summed E-state index contributed by atoms with van der Waals surface area (Å²) in [5.41, 5.74) is 1.64. The van der Waals surface area contributed by atoms with E-state index < -0.39 is 10.0 Å². The molecule has 0 saturated carbocycles. The largest absolute Gasteiger partial charge is 0.347 e. The molecule has 0 amide bonds. The van der Waals surface area contributed by atoms with Crippen LogP contribution in [0.5, 0.6) is 0 Å². The highest BCUT2D eigenvalue weighted by Gasteiger charge is 2.15. The highest BCUT2D eigenvalue weighted by Crippen LogP contribution is 2.07. The van der Waals surface area contributed by atoms with Gasteiger partial charge in [-0.05, 0) is 18.2 Å². The van der Waals surface area contributed by atoms with Crippen molar-refractivity contribution in [3.63, 3.8) is 0 Å². The van der Waals surface area contributed by atoms with Crippen molar-refractivity contribution in [3.05, 3.63) is 42.1 Å². The number of hydrogen-bond acceptors (Lipinski definition) is 5. The monoisotopic (exact) mass is 295 g/mol. The van der Waals surface area contributed by atoms with Gasteiger partial charge in [-0.2, -0.15) is 0 Å². The van der Waals surface area contributed by atoms with E-state index in [1.165, 1.54) is 12.4 Å². The number of rotatable bonds is 7. The first-order valence-electron chi connectivity index (χ1n) is 6.24. The van der Waals surface area contributed by atoms with Crippen molar-refractivity contribution in [2.24, 2.45) is 0 Å². The van der Waals surface area contributed by atoms with Crippen LogP contribution < -0.4 is 10.0 Å². The van der Waals surface area contributed by atoms with Crippen LogP contribution in [0.3, 0.4) is 0 Å². The fourth-order valence-electron chi connectivity index (χ4n) is 1.57. The maximum atomic E-state index is 12.0. The molecule has 0 spiro atoms. The van der Waals surface area contributed by atoms with Crippen LogP contribution in [0.1, 0.15) is 18.2 Å². The average molecular weight is 295 g/mol. The predicted molar refractivity (Wildman–Crippen MR) is 74.2 cm³/mol. The van der Waals surface area contributed by atoms with Crippen molar-refractivity contribution in [2.75, 3.05) is 6.54 Å². The Morgan fingerprint density at radius 1 is 1.25 bits per heavy atom. The van der Waals surface area contributed by atoms with Crippen LogP contribution >= 0.6 is 0 Å². The molecule has 0 aromatic carbocycles. The lowest BCUT2D eigenvalue weighted by atomic mass is 10.3. The van der Waals surface area contributed by atoms with Gasteiger partial charge in [0.05, 0.1) is 12.9 Å². The molecule has 2 rings (SSSR count). The van der Waals surface area contributed by atoms with Gasteiger partial charge in [0.2, 0.25) is 0 Å². The van der Waals surface area contributed by atoms with Crippen LogP contribution in [-0.4, -0.2) is 29.9 Å². The van der Waals surface area contributed by atoms with Crippen LogP contribution in [-0.2, 0) is 23.1 Å². The fourth-order valence-corrected chi connectivity index (χ4v) is 2.50. The molecular weight excluding hydrogens is 278 g/mol. The molecule has 0 atom stereocenters. The second kappa shape index (κ2) is 6.60. The lowest BCUT2D eigenvalue weighted by molar-refractivity contribution is 0.576. The van der Waals surface area contributed by atoms with Gasteiger partial charge < -0.3 is 10.3 Å². The van der Waals surface area contributed by atoms with Crippen molar-refractivity contribution in [1.82, 2.24) is 25.0 Å². The SMILES string of the molecule is CCNCc1ccc(S(=O)(=O)NCc2cnc[nH]2)nc1. The molecule has 108 valence electrons. The number of sulfonamides is 1. The molecule has 8 heteroatoms. The molecule has 3 N–H and O–H groups in total. The van der Waals surface area contributed by atoms with E-state index in [0.29, 0.717) is 12.2 Å². The number of imidazole rings is 1. The quantitative estimate of drug-likeness (QED) is 0.686. The zero-order valence-corrected chi connectivity index (χ0v) is 11.9. The minimum absolute atomic E-state index is 0.0114. The zero-order valence-electron chi connectivity index (χ0n) is 11.1. The van der Waals surface area contributed by atoms with Crippen LogP contribution in [0.4, 0.5) is 0 Å². The summed E-state index contributed by atoms with van der Waals surface area (Å²) < 4.78 is 26.5. The number of nitrogens with zero attached hydrogens (tertiary/aromatic N) is 2. The number of aromatic amines is 1. The standard InChI is InChI=1S/C12H17N5O2S/c1-2-13-5-10-3-4-12(15-6-10)20(18,19)17-8-11-7-14-9-16-11/h3-4,6-7,9,13,17H,2,5,8H2,1H3,(H,14,16). The van der Waals surface area contributed by atoms with Gasteiger partial charge in [-0.15, -0.1) is 0 Å². The molecule has 2 aromatic rings. The van der Waals surface area contributed by atoms with Gasteiger partial charge in [-0.3, -0.25) is 0 Å². The van der Waals surface area contributed by atoms with E-state index in [-0.39, 0.29) is 11.6 Å². The molecule has 0 aliphatic heterocycles. The Labute approximate surface area is 117 Å². The van der Waals surface area contributed by atoms with Crippen LogP contribution in [0.15, 0.2) is 35.9 Å². The fraction of sp³-hybridized carbons (Fsp3) is 0.333. The van der Waals surface area contributed by atoms with Crippen molar-refractivity contribution in [1.29, 1.82) is 0 Å². The third-order valence-electron chi connectivity index (χ3n) is 2.66. The summed E-state index contributed by atoms with van der Waals surface area (Å²) in [6, 6.07) is 3.25. The Morgan fingerprint density at radius 2 is 2.10 bits per heavy atom. The molecule has 0 radical (unpaired) electrons. The van der Waals surface area contributed by atoms with Crippen molar-refractivity contribution in [3.8, 4) is 0 Å². The molecule has 0 aliphatic carbocycles. The maximum absolute atomic E-state index is 12.0. The van der Waals surface area contributed by atoms with E-state index in [9.17, 15) is 8.42 Å². The van der Waals surface area contributed by atoms with Crippen LogP contribution in [0.2, 0.25) is 0 Å². The van der Waals surface area contributed by atoms with Crippen molar-refractivity contribution in [2.45, 2.75) is 25.0 Å². The normalized spacial score (nSPS) is 11.7. The highest BCUT2D eigenvalue weighted by atomic mass is 32.2. The van der Waals surface area contributed by atoms with E-state index in [2.05, 4.69) is 25.0 Å². The Hall–Kier alpha value is -1.77. The topological polar surface area (TPSA) is 99.8 Å². The summed E-state index contributed by atoms with van der Waals surface area (Å²) in [4.78, 5) is 10.6. The number of pyridine rings is 1. The average Bonchev–Trinajstić information content (AvgIpc) is 2.97. The van der Waals surface area contributed by atoms with Gasteiger partial charge in [-0.25, -0.2) is 23.1 Å². The Kier molecular flexibility index (Phi) is 4.83. The molecule has 2 heterocycles. The molecule has 0 bridgehead atoms. The first-order valence-corrected chi connectivity index (χ1v) is 7.72. The third-order valence-corrected chi connectivity index (χ3v) is 3.98. The van der Waals surface area contributed by atoms with Gasteiger partial charge in [0, 0.05) is 24.6 Å². The molecule has 7 nitrogen and oxygen atoms in total. The number of nitrogens with one attached hydrogen (secondary N) is 3.